The zero-order chi connectivity index (χ0) is 7.90. The topological polar surface area (TPSA) is 55.1 Å². The molecule has 0 radical (unpaired) electrons. The highest BCUT2D eigenvalue weighted by Gasteiger charge is 2.46. The summed E-state index contributed by atoms with van der Waals surface area (Å²) < 4.78 is 0. The Hall–Kier alpha value is -0.570. The monoisotopic (exact) mass is 154 g/mol. The summed E-state index contributed by atoms with van der Waals surface area (Å²) in [5, 5.41) is 3.27. The minimum Gasteiger partial charge on any atom is -0.369 e. The molecular weight excluding hydrogens is 140 g/mol. The van der Waals surface area contributed by atoms with E-state index in [9.17, 15) is 4.79 Å². The molecule has 1 aliphatic carbocycles. The number of fused-ring (bicyclic) bond motifs is 2. The van der Waals surface area contributed by atoms with Crippen molar-refractivity contribution in [1.29, 1.82) is 0 Å². The predicted molar refractivity (Wildman–Crippen MR) is 41.8 cm³/mol. The van der Waals surface area contributed by atoms with Crippen LogP contribution in [0.5, 0.6) is 0 Å². The molecule has 62 valence electrons. The molecule has 1 heterocycles. The number of carbonyl (C=O) groups excluding carboxylic acids is 1. The molecule has 0 aromatic heterocycles. The lowest BCUT2D eigenvalue weighted by Crippen LogP contribution is -2.47. The molecule has 3 heteroatoms. The third-order valence-electron chi connectivity index (χ3n) is 3.13. The van der Waals surface area contributed by atoms with E-state index >= 15 is 0 Å². The number of carbonyl (C=O) groups is 1. The smallest absolute Gasteiger partial charge is 0.224 e. The first-order chi connectivity index (χ1) is 5.23. The molecule has 1 saturated heterocycles. The summed E-state index contributed by atoms with van der Waals surface area (Å²) in [5.74, 6) is 0.600. The summed E-state index contributed by atoms with van der Waals surface area (Å²) in [7, 11) is 0. The van der Waals surface area contributed by atoms with Crippen molar-refractivity contribution in [3.8, 4) is 0 Å². The molecule has 2 atom stereocenters. The van der Waals surface area contributed by atoms with E-state index in [4.69, 9.17) is 5.73 Å². The van der Waals surface area contributed by atoms with Crippen molar-refractivity contribution >= 4 is 5.91 Å². The number of nitrogens with one attached hydrogen (secondary N) is 1. The molecule has 2 aliphatic rings. The van der Waals surface area contributed by atoms with E-state index < -0.39 is 0 Å². The second kappa shape index (κ2) is 2.21. The zero-order valence-electron chi connectivity index (χ0n) is 6.60. The summed E-state index contributed by atoms with van der Waals surface area (Å²) >= 11 is 0. The Kier molecular flexibility index (Phi) is 1.42. The Labute approximate surface area is 66.3 Å². The molecule has 0 spiro atoms. The Morgan fingerprint density at radius 1 is 1.64 bits per heavy atom. The molecule has 1 amide bonds. The summed E-state index contributed by atoms with van der Waals surface area (Å²) in [6, 6.07) is 0. The predicted octanol–water partition coefficient (Wildman–Crippen LogP) is -0.139. The molecule has 1 aliphatic heterocycles. The lowest BCUT2D eigenvalue weighted by molar-refractivity contribution is -0.127. The number of primary amides is 1. The molecule has 2 unspecified atom stereocenters. The van der Waals surface area contributed by atoms with Gasteiger partial charge in [-0.25, -0.2) is 0 Å². The zero-order valence-corrected chi connectivity index (χ0v) is 6.60. The quantitative estimate of drug-likeness (QED) is 0.552. The highest BCUT2D eigenvalue weighted by atomic mass is 16.1. The Morgan fingerprint density at radius 3 is 3.09 bits per heavy atom. The second-order valence-electron chi connectivity index (χ2n) is 3.88. The summed E-state index contributed by atoms with van der Waals surface area (Å²) in [4.78, 5) is 11.1. The summed E-state index contributed by atoms with van der Waals surface area (Å²) in [6.07, 6.45) is 3.20. The van der Waals surface area contributed by atoms with Gasteiger partial charge in [0.1, 0.15) is 0 Å². The lowest BCUT2D eigenvalue weighted by Gasteiger charge is -2.30. The second-order valence-corrected chi connectivity index (χ2v) is 3.88. The van der Waals surface area contributed by atoms with Gasteiger partial charge >= 0.3 is 0 Å². The van der Waals surface area contributed by atoms with Crippen molar-refractivity contribution in [3.05, 3.63) is 0 Å². The van der Waals surface area contributed by atoms with Gasteiger partial charge in [-0.2, -0.15) is 0 Å². The van der Waals surface area contributed by atoms with Crippen LogP contribution in [0.4, 0.5) is 0 Å². The maximum atomic E-state index is 11.1. The van der Waals surface area contributed by atoms with Gasteiger partial charge in [0.15, 0.2) is 0 Å². The van der Waals surface area contributed by atoms with Crippen LogP contribution in [0, 0.1) is 11.3 Å². The average Bonchev–Trinajstić information content (AvgIpc) is 2.29. The number of piperidine rings is 1. The fourth-order valence-corrected chi connectivity index (χ4v) is 2.40. The average molecular weight is 154 g/mol. The first-order valence-corrected chi connectivity index (χ1v) is 4.24. The number of rotatable bonds is 1. The lowest BCUT2D eigenvalue weighted by atomic mass is 9.82. The number of hydrogen-bond acceptors (Lipinski definition) is 2. The van der Waals surface area contributed by atoms with Gasteiger partial charge in [-0.15, -0.1) is 0 Å². The minimum absolute atomic E-state index is 0.104. The summed E-state index contributed by atoms with van der Waals surface area (Å²) in [6.45, 7) is 1.88. The van der Waals surface area contributed by atoms with E-state index in [1.165, 1.54) is 6.42 Å². The number of hydrogen-bond donors (Lipinski definition) is 2. The standard InChI is InChI=1S/C8H14N2O/c9-7(11)8-2-1-6(3-8)4-10-5-8/h6,10H,1-5H2,(H2,9,11). The van der Waals surface area contributed by atoms with E-state index in [0.29, 0.717) is 5.92 Å². The van der Waals surface area contributed by atoms with Crippen molar-refractivity contribution in [2.75, 3.05) is 13.1 Å². The first kappa shape index (κ1) is 7.10. The van der Waals surface area contributed by atoms with Crippen LogP contribution < -0.4 is 11.1 Å². The third kappa shape index (κ3) is 0.948. The maximum Gasteiger partial charge on any atom is 0.224 e. The van der Waals surface area contributed by atoms with Crippen LogP contribution >= 0.6 is 0 Å². The molecule has 2 bridgehead atoms. The first-order valence-electron chi connectivity index (χ1n) is 4.24. The van der Waals surface area contributed by atoms with Crippen LogP contribution in [-0.2, 0) is 4.79 Å². The number of amides is 1. The third-order valence-corrected chi connectivity index (χ3v) is 3.13. The molecule has 0 aromatic rings. The van der Waals surface area contributed by atoms with Crippen LogP contribution in [0.1, 0.15) is 19.3 Å². The van der Waals surface area contributed by atoms with Crippen molar-refractivity contribution in [2.24, 2.45) is 17.1 Å². The normalized spacial score (nSPS) is 42.4. The number of nitrogens with two attached hydrogens (primary N) is 1. The largest absolute Gasteiger partial charge is 0.369 e. The van der Waals surface area contributed by atoms with Gasteiger partial charge in [0.05, 0.1) is 5.41 Å². The molecule has 2 rings (SSSR count). The highest BCUT2D eigenvalue weighted by molar-refractivity contribution is 5.81. The van der Waals surface area contributed by atoms with Gasteiger partial charge in [0.25, 0.3) is 0 Å². The fourth-order valence-electron chi connectivity index (χ4n) is 2.40. The van der Waals surface area contributed by atoms with E-state index in [1.54, 1.807) is 0 Å². The van der Waals surface area contributed by atoms with Crippen LogP contribution in [0.15, 0.2) is 0 Å². The Bertz CT molecular complexity index is 189. The molecule has 1 saturated carbocycles. The molecule has 3 N–H and O–H groups in total. The molecule has 2 fully saturated rings. The van der Waals surface area contributed by atoms with Crippen molar-refractivity contribution in [1.82, 2.24) is 5.32 Å². The van der Waals surface area contributed by atoms with Gasteiger partial charge in [-0.1, -0.05) is 0 Å². The highest BCUT2D eigenvalue weighted by Crippen LogP contribution is 2.43. The molecule has 3 nitrogen and oxygen atoms in total. The van der Waals surface area contributed by atoms with Gasteiger partial charge in [0, 0.05) is 6.54 Å². The van der Waals surface area contributed by atoms with Crippen LogP contribution in [0.2, 0.25) is 0 Å². The SMILES string of the molecule is NC(=O)C12CCC(CNC1)C2. The van der Waals surface area contributed by atoms with E-state index in [0.717, 1.165) is 25.9 Å². The van der Waals surface area contributed by atoms with Crippen LogP contribution in [0.25, 0.3) is 0 Å². The van der Waals surface area contributed by atoms with Gasteiger partial charge in [-0.05, 0) is 31.7 Å². The molecular formula is C8H14N2O. The van der Waals surface area contributed by atoms with Crippen LogP contribution in [-0.4, -0.2) is 19.0 Å². The summed E-state index contributed by atoms with van der Waals surface area (Å²) in [5.41, 5.74) is 5.18. The van der Waals surface area contributed by atoms with E-state index in [1.807, 2.05) is 0 Å². The van der Waals surface area contributed by atoms with E-state index in [2.05, 4.69) is 5.32 Å². The molecule has 0 aromatic carbocycles. The van der Waals surface area contributed by atoms with Gasteiger partial charge in [-0.3, -0.25) is 4.79 Å². The van der Waals surface area contributed by atoms with Crippen molar-refractivity contribution in [3.63, 3.8) is 0 Å². The van der Waals surface area contributed by atoms with Crippen molar-refractivity contribution < 1.29 is 4.79 Å². The van der Waals surface area contributed by atoms with Crippen LogP contribution in [0.3, 0.4) is 0 Å². The maximum absolute atomic E-state index is 11.1. The fraction of sp³-hybridized carbons (Fsp3) is 0.875. The van der Waals surface area contributed by atoms with Gasteiger partial charge < -0.3 is 11.1 Å². The van der Waals surface area contributed by atoms with E-state index in [-0.39, 0.29) is 11.3 Å². The van der Waals surface area contributed by atoms with Gasteiger partial charge in [0.2, 0.25) is 5.91 Å². The Morgan fingerprint density at radius 2 is 2.45 bits per heavy atom. The Balaban J connectivity index is 2.19. The minimum atomic E-state index is -0.178. The van der Waals surface area contributed by atoms with Crippen molar-refractivity contribution in [2.45, 2.75) is 19.3 Å². The molecule has 11 heavy (non-hydrogen) atoms.